The molecule has 0 bridgehead atoms. The fourth-order valence-corrected chi connectivity index (χ4v) is 3.66. The molecule has 0 fully saturated rings. The van der Waals surface area contributed by atoms with Crippen molar-refractivity contribution in [3.8, 4) is 11.5 Å². The van der Waals surface area contributed by atoms with Crippen LogP contribution < -0.4 is 9.47 Å². The third kappa shape index (κ3) is 3.39. The number of methoxy groups -OCH3 is 2. The van der Waals surface area contributed by atoms with Crippen molar-refractivity contribution in [3.63, 3.8) is 0 Å². The molecule has 3 aromatic rings. The fraction of sp³-hybridized carbons (Fsp3) is 0.0909. The molecule has 5 nitrogen and oxygen atoms in total. The van der Waals surface area contributed by atoms with Crippen LogP contribution in [0.3, 0.4) is 0 Å². The topological polar surface area (TPSA) is 57.1 Å². The molecular formula is C22H16BrNO4. The molecule has 3 aromatic carbocycles. The number of nitrogens with zero attached hydrogens (tertiary/aromatic N) is 1. The lowest BCUT2D eigenvalue weighted by Gasteiger charge is -2.10. The summed E-state index contributed by atoms with van der Waals surface area (Å²) in [6.07, 6.45) is 1.66. The van der Waals surface area contributed by atoms with Gasteiger partial charge in [0.15, 0.2) is 17.2 Å². The Bertz CT molecular complexity index is 1150. The predicted octanol–water partition coefficient (Wildman–Crippen LogP) is 4.96. The largest absolute Gasteiger partial charge is 0.493 e. The first-order chi connectivity index (χ1) is 13.6. The zero-order valence-corrected chi connectivity index (χ0v) is 16.8. The van der Waals surface area contributed by atoms with Crippen LogP contribution in [0.25, 0.3) is 16.8 Å². The van der Waals surface area contributed by atoms with Gasteiger partial charge in [0.2, 0.25) is 5.90 Å². The highest BCUT2D eigenvalue weighted by Gasteiger charge is 2.24. The van der Waals surface area contributed by atoms with Gasteiger partial charge in [0.05, 0.1) is 18.7 Å². The Kier molecular flexibility index (Phi) is 4.88. The lowest BCUT2D eigenvalue weighted by atomic mass is 10.1. The van der Waals surface area contributed by atoms with Crippen molar-refractivity contribution in [2.75, 3.05) is 14.2 Å². The van der Waals surface area contributed by atoms with Crippen LogP contribution in [0.15, 0.2) is 69.8 Å². The Morgan fingerprint density at radius 3 is 2.54 bits per heavy atom. The minimum absolute atomic E-state index is 0.224. The molecule has 140 valence electrons. The maximum Gasteiger partial charge on any atom is 0.363 e. The summed E-state index contributed by atoms with van der Waals surface area (Å²) in [4.78, 5) is 16.7. The van der Waals surface area contributed by atoms with Gasteiger partial charge in [-0.25, -0.2) is 9.79 Å². The van der Waals surface area contributed by atoms with Crippen LogP contribution in [0.2, 0.25) is 0 Å². The number of cyclic esters (lactones) is 1. The number of hydrogen-bond donors (Lipinski definition) is 0. The van der Waals surface area contributed by atoms with E-state index in [0.29, 0.717) is 21.9 Å². The highest BCUT2D eigenvalue weighted by Crippen LogP contribution is 2.37. The van der Waals surface area contributed by atoms with Gasteiger partial charge in [-0.3, -0.25) is 0 Å². The smallest absolute Gasteiger partial charge is 0.363 e. The van der Waals surface area contributed by atoms with Gasteiger partial charge in [0.1, 0.15) is 0 Å². The Balaban J connectivity index is 1.71. The number of esters is 1. The van der Waals surface area contributed by atoms with Crippen LogP contribution in [0.1, 0.15) is 11.1 Å². The van der Waals surface area contributed by atoms with Crippen molar-refractivity contribution in [3.05, 3.63) is 75.9 Å². The number of rotatable bonds is 4. The maximum atomic E-state index is 12.3. The summed E-state index contributed by atoms with van der Waals surface area (Å²) in [5, 5.41) is 2.17. The number of ether oxygens (including phenoxy) is 3. The summed E-state index contributed by atoms with van der Waals surface area (Å²) in [5.41, 5.74) is 1.71. The molecule has 0 N–H and O–H groups in total. The summed E-state index contributed by atoms with van der Waals surface area (Å²) in [5.74, 6) is 0.934. The number of halogens is 1. The summed E-state index contributed by atoms with van der Waals surface area (Å²) in [7, 11) is 3.12. The van der Waals surface area contributed by atoms with E-state index in [9.17, 15) is 4.79 Å². The van der Waals surface area contributed by atoms with Gasteiger partial charge in [-0.15, -0.1) is 0 Å². The van der Waals surface area contributed by atoms with E-state index in [0.717, 1.165) is 21.9 Å². The Morgan fingerprint density at radius 2 is 1.79 bits per heavy atom. The third-order valence-electron chi connectivity index (χ3n) is 4.38. The summed E-state index contributed by atoms with van der Waals surface area (Å²) < 4.78 is 16.8. The number of aliphatic imine (C=N–C) groups is 1. The third-order valence-corrected chi connectivity index (χ3v) is 4.97. The fourth-order valence-electron chi connectivity index (χ4n) is 3.03. The van der Waals surface area contributed by atoms with Crippen molar-refractivity contribution in [2.45, 2.75) is 0 Å². The van der Waals surface area contributed by atoms with Gasteiger partial charge in [-0.1, -0.05) is 30.3 Å². The van der Waals surface area contributed by atoms with Crippen LogP contribution in [0.4, 0.5) is 0 Å². The molecule has 0 amide bonds. The Labute approximate surface area is 170 Å². The first-order valence-electron chi connectivity index (χ1n) is 8.52. The SMILES string of the molecule is COc1cc(/C=C2\N=C(c3ccc4ccccc4c3)OC2=O)cc(Br)c1OC. The van der Waals surface area contributed by atoms with Crippen LogP contribution in [-0.2, 0) is 9.53 Å². The van der Waals surface area contributed by atoms with Crippen molar-refractivity contribution in [2.24, 2.45) is 4.99 Å². The summed E-state index contributed by atoms with van der Waals surface area (Å²) >= 11 is 3.45. The van der Waals surface area contributed by atoms with E-state index in [1.165, 1.54) is 0 Å². The van der Waals surface area contributed by atoms with Gasteiger partial charge < -0.3 is 14.2 Å². The average molecular weight is 438 g/mol. The molecule has 28 heavy (non-hydrogen) atoms. The first-order valence-corrected chi connectivity index (χ1v) is 9.31. The van der Waals surface area contributed by atoms with E-state index in [2.05, 4.69) is 20.9 Å². The van der Waals surface area contributed by atoms with Crippen molar-refractivity contribution in [1.82, 2.24) is 0 Å². The van der Waals surface area contributed by atoms with Crippen molar-refractivity contribution >= 4 is 44.6 Å². The van der Waals surface area contributed by atoms with Gasteiger partial charge in [0, 0.05) is 5.56 Å². The molecule has 0 saturated heterocycles. The van der Waals surface area contributed by atoms with Gasteiger partial charge in [-0.05, 0) is 62.6 Å². The van der Waals surface area contributed by atoms with Crippen LogP contribution in [0.5, 0.6) is 11.5 Å². The molecule has 1 aliphatic heterocycles. The Morgan fingerprint density at radius 1 is 1.00 bits per heavy atom. The number of carbonyl (C=O) groups excluding carboxylic acids is 1. The van der Waals surface area contributed by atoms with Crippen LogP contribution in [-0.4, -0.2) is 26.1 Å². The lowest BCUT2D eigenvalue weighted by Crippen LogP contribution is -2.05. The zero-order valence-electron chi connectivity index (χ0n) is 15.2. The van der Waals surface area contributed by atoms with E-state index in [-0.39, 0.29) is 5.70 Å². The normalized spacial score (nSPS) is 14.9. The second kappa shape index (κ2) is 7.48. The average Bonchev–Trinajstić information content (AvgIpc) is 3.07. The number of carbonyl (C=O) groups is 1. The monoisotopic (exact) mass is 437 g/mol. The molecule has 0 aromatic heterocycles. The van der Waals surface area contributed by atoms with E-state index in [1.54, 1.807) is 26.4 Å². The molecule has 0 spiro atoms. The molecule has 1 heterocycles. The molecule has 0 unspecified atom stereocenters. The first kappa shape index (κ1) is 18.3. The molecule has 0 radical (unpaired) electrons. The summed E-state index contributed by atoms with van der Waals surface area (Å²) in [6, 6.07) is 17.4. The predicted molar refractivity (Wildman–Crippen MR) is 112 cm³/mol. The van der Waals surface area contributed by atoms with Crippen LogP contribution >= 0.6 is 15.9 Å². The van der Waals surface area contributed by atoms with E-state index >= 15 is 0 Å². The zero-order chi connectivity index (χ0) is 19.7. The number of benzene rings is 3. The second-order valence-corrected chi connectivity index (χ2v) is 6.99. The second-order valence-electron chi connectivity index (χ2n) is 6.14. The molecule has 4 rings (SSSR count). The standard InChI is InChI=1S/C22H16BrNO4/c1-26-19-11-13(9-17(23)20(19)27-2)10-18-22(25)28-21(24-18)16-8-7-14-5-3-4-6-15(14)12-16/h3-12H,1-2H3/b18-10-. The lowest BCUT2D eigenvalue weighted by molar-refractivity contribution is -0.129. The van der Waals surface area contributed by atoms with Crippen molar-refractivity contribution < 1.29 is 19.0 Å². The highest BCUT2D eigenvalue weighted by atomic mass is 79.9. The molecule has 1 aliphatic rings. The summed E-state index contributed by atoms with van der Waals surface area (Å²) in [6.45, 7) is 0. The van der Waals surface area contributed by atoms with Gasteiger partial charge in [-0.2, -0.15) is 0 Å². The quantitative estimate of drug-likeness (QED) is 0.427. The molecule has 0 aliphatic carbocycles. The highest BCUT2D eigenvalue weighted by molar-refractivity contribution is 9.10. The van der Waals surface area contributed by atoms with Gasteiger partial charge >= 0.3 is 5.97 Å². The number of hydrogen-bond acceptors (Lipinski definition) is 5. The minimum atomic E-state index is -0.492. The van der Waals surface area contributed by atoms with E-state index < -0.39 is 5.97 Å². The molecule has 0 saturated carbocycles. The molecule has 6 heteroatoms. The Hall–Kier alpha value is -3.12. The van der Waals surface area contributed by atoms with Crippen molar-refractivity contribution in [1.29, 1.82) is 0 Å². The van der Waals surface area contributed by atoms with Crippen LogP contribution in [0, 0.1) is 0 Å². The molecule has 0 atom stereocenters. The minimum Gasteiger partial charge on any atom is -0.493 e. The van der Waals surface area contributed by atoms with Gasteiger partial charge in [0.25, 0.3) is 0 Å². The van der Waals surface area contributed by atoms with E-state index in [1.807, 2.05) is 48.5 Å². The maximum absolute atomic E-state index is 12.3. The number of fused-ring (bicyclic) bond motifs is 1. The molecular weight excluding hydrogens is 422 g/mol. The van der Waals surface area contributed by atoms with E-state index in [4.69, 9.17) is 14.2 Å².